The fraction of sp³-hybridized carbons (Fsp3) is 0.412. The van der Waals surface area contributed by atoms with Gasteiger partial charge in [0, 0.05) is 18.8 Å². The van der Waals surface area contributed by atoms with Crippen LogP contribution in [0.2, 0.25) is 0 Å². The molecule has 122 valence electrons. The van der Waals surface area contributed by atoms with Gasteiger partial charge in [-0.3, -0.25) is 4.79 Å². The fourth-order valence-corrected chi connectivity index (χ4v) is 2.79. The quantitative estimate of drug-likeness (QED) is 0.937. The summed E-state index contributed by atoms with van der Waals surface area (Å²) in [6, 6.07) is 9.35. The van der Waals surface area contributed by atoms with Crippen LogP contribution in [0.5, 0.6) is 5.75 Å². The van der Waals surface area contributed by atoms with Crippen molar-refractivity contribution in [2.45, 2.75) is 25.9 Å². The summed E-state index contributed by atoms with van der Waals surface area (Å²) in [6.45, 7) is 3.08. The Kier molecular flexibility index (Phi) is 4.34. The van der Waals surface area contributed by atoms with Gasteiger partial charge in [0.25, 0.3) is 5.91 Å². The zero-order valence-corrected chi connectivity index (χ0v) is 13.4. The van der Waals surface area contributed by atoms with Crippen LogP contribution in [0, 0.1) is 6.92 Å². The molecule has 2 heterocycles. The van der Waals surface area contributed by atoms with E-state index in [1.54, 1.807) is 22.8 Å². The molecule has 0 bridgehead atoms. The SMILES string of the molecule is COc1ccc(-n2nc(C(=O)N3CCC(O)CC3)cc2C)cc1. The number of methoxy groups -OCH3 is 1. The molecule has 0 spiro atoms. The van der Waals surface area contributed by atoms with Gasteiger partial charge in [-0.1, -0.05) is 0 Å². The molecule has 1 N–H and O–H groups in total. The van der Waals surface area contributed by atoms with E-state index in [0.29, 0.717) is 31.6 Å². The lowest BCUT2D eigenvalue weighted by Crippen LogP contribution is -2.40. The zero-order chi connectivity index (χ0) is 16.4. The Morgan fingerprint density at radius 2 is 1.91 bits per heavy atom. The number of rotatable bonds is 3. The van der Waals surface area contributed by atoms with Crippen LogP contribution in [0.3, 0.4) is 0 Å². The molecule has 1 aromatic heterocycles. The molecule has 1 saturated heterocycles. The summed E-state index contributed by atoms with van der Waals surface area (Å²) in [5, 5.41) is 14.0. The number of ether oxygens (including phenoxy) is 1. The van der Waals surface area contributed by atoms with Crippen LogP contribution in [0.25, 0.3) is 5.69 Å². The van der Waals surface area contributed by atoms with Crippen LogP contribution in [0.1, 0.15) is 29.0 Å². The molecule has 1 aromatic carbocycles. The number of carbonyl (C=O) groups is 1. The highest BCUT2D eigenvalue weighted by atomic mass is 16.5. The first-order valence-corrected chi connectivity index (χ1v) is 7.77. The highest BCUT2D eigenvalue weighted by Crippen LogP contribution is 2.18. The molecule has 0 atom stereocenters. The minimum Gasteiger partial charge on any atom is -0.497 e. The molecule has 1 aliphatic heterocycles. The molecule has 0 saturated carbocycles. The predicted octanol–water partition coefficient (Wildman–Crippen LogP) is 1.79. The monoisotopic (exact) mass is 315 g/mol. The van der Waals surface area contributed by atoms with Gasteiger partial charge in [-0.05, 0) is 50.1 Å². The maximum atomic E-state index is 12.6. The van der Waals surface area contributed by atoms with Crippen molar-refractivity contribution >= 4 is 5.91 Å². The van der Waals surface area contributed by atoms with Gasteiger partial charge in [-0.2, -0.15) is 5.10 Å². The number of aromatic nitrogens is 2. The largest absolute Gasteiger partial charge is 0.497 e. The molecule has 0 aliphatic carbocycles. The van der Waals surface area contributed by atoms with E-state index in [1.165, 1.54) is 0 Å². The standard InChI is InChI=1S/C17H21N3O3/c1-12-11-16(17(22)19-9-7-14(21)8-10-19)18-20(12)13-3-5-15(23-2)6-4-13/h3-6,11,14,21H,7-10H2,1-2H3. The number of piperidine rings is 1. The number of aliphatic hydroxyl groups is 1. The van der Waals surface area contributed by atoms with Crippen molar-refractivity contribution < 1.29 is 14.6 Å². The highest BCUT2D eigenvalue weighted by molar-refractivity contribution is 5.92. The Labute approximate surface area is 135 Å². The van der Waals surface area contributed by atoms with Gasteiger partial charge in [0.1, 0.15) is 5.75 Å². The maximum absolute atomic E-state index is 12.6. The lowest BCUT2D eigenvalue weighted by atomic mass is 10.1. The summed E-state index contributed by atoms with van der Waals surface area (Å²) in [6.07, 6.45) is 0.964. The van der Waals surface area contributed by atoms with Gasteiger partial charge in [-0.25, -0.2) is 4.68 Å². The van der Waals surface area contributed by atoms with E-state index in [-0.39, 0.29) is 12.0 Å². The molecule has 23 heavy (non-hydrogen) atoms. The van der Waals surface area contributed by atoms with Gasteiger partial charge in [0.05, 0.1) is 18.9 Å². The van der Waals surface area contributed by atoms with E-state index >= 15 is 0 Å². The van der Waals surface area contributed by atoms with E-state index in [1.807, 2.05) is 31.2 Å². The Hall–Kier alpha value is -2.34. The normalized spacial score (nSPS) is 15.7. The van der Waals surface area contributed by atoms with Crippen LogP contribution >= 0.6 is 0 Å². The number of hydrogen-bond donors (Lipinski definition) is 1. The molecule has 0 radical (unpaired) electrons. The number of aryl methyl sites for hydroxylation is 1. The summed E-state index contributed by atoms with van der Waals surface area (Å²) in [5.41, 5.74) is 2.22. The third kappa shape index (κ3) is 3.22. The van der Waals surface area contributed by atoms with Crippen molar-refractivity contribution in [1.82, 2.24) is 14.7 Å². The second-order valence-corrected chi connectivity index (χ2v) is 5.80. The Bertz CT molecular complexity index is 686. The number of carbonyl (C=O) groups excluding carboxylic acids is 1. The second-order valence-electron chi connectivity index (χ2n) is 5.80. The van der Waals surface area contributed by atoms with Crippen LogP contribution < -0.4 is 4.74 Å². The smallest absolute Gasteiger partial charge is 0.274 e. The van der Waals surface area contributed by atoms with Crippen LogP contribution in [-0.4, -0.2) is 52.0 Å². The van der Waals surface area contributed by atoms with E-state index in [2.05, 4.69) is 5.10 Å². The number of aliphatic hydroxyl groups excluding tert-OH is 1. The third-order valence-corrected chi connectivity index (χ3v) is 4.18. The Morgan fingerprint density at radius 3 is 2.52 bits per heavy atom. The minimum absolute atomic E-state index is 0.0766. The topological polar surface area (TPSA) is 67.6 Å². The number of amides is 1. The Balaban J connectivity index is 1.81. The average molecular weight is 315 g/mol. The second kappa shape index (κ2) is 6.42. The molecule has 2 aromatic rings. The lowest BCUT2D eigenvalue weighted by molar-refractivity contribution is 0.0541. The average Bonchev–Trinajstić information content (AvgIpc) is 2.97. The highest BCUT2D eigenvalue weighted by Gasteiger charge is 2.24. The van der Waals surface area contributed by atoms with Crippen LogP contribution in [-0.2, 0) is 0 Å². The van der Waals surface area contributed by atoms with Crippen LogP contribution in [0.15, 0.2) is 30.3 Å². The van der Waals surface area contributed by atoms with Crippen molar-refractivity contribution in [3.63, 3.8) is 0 Å². The van der Waals surface area contributed by atoms with Crippen molar-refractivity contribution in [2.75, 3.05) is 20.2 Å². The first-order valence-electron chi connectivity index (χ1n) is 7.77. The molecule has 1 amide bonds. The molecule has 6 heteroatoms. The number of nitrogens with zero attached hydrogens (tertiary/aromatic N) is 3. The summed E-state index contributed by atoms with van der Waals surface area (Å²) < 4.78 is 6.91. The third-order valence-electron chi connectivity index (χ3n) is 4.18. The first-order chi connectivity index (χ1) is 11.1. The molecule has 6 nitrogen and oxygen atoms in total. The molecule has 1 aliphatic rings. The molecular formula is C17H21N3O3. The zero-order valence-electron chi connectivity index (χ0n) is 13.4. The van der Waals surface area contributed by atoms with Gasteiger partial charge in [-0.15, -0.1) is 0 Å². The summed E-state index contributed by atoms with van der Waals surface area (Å²) in [7, 11) is 1.63. The van der Waals surface area contributed by atoms with E-state index in [0.717, 1.165) is 17.1 Å². The Morgan fingerprint density at radius 1 is 1.26 bits per heavy atom. The van der Waals surface area contributed by atoms with E-state index < -0.39 is 0 Å². The predicted molar refractivity (Wildman–Crippen MR) is 86.0 cm³/mol. The number of benzene rings is 1. The van der Waals surface area contributed by atoms with Crippen molar-refractivity contribution in [3.8, 4) is 11.4 Å². The van der Waals surface area contributed by atoms with Gasteiger partial charge < -0.3 is 14.7 Å². The van der Waals surface area contributed by atoms with Crippen molar-refractivity contribution in [3.05, 3.63) is 41.7 Å². The maximum Gasteiger partial charge on any atom is 0.274 e. The summed E-state index contributed by atoms with van der Waals surface area (Å²) >= 11 is 0. The molecule has 1 fully saturated rings. The molecule has 0 unspecified atom stereocenters. The fourth-order valence-electron chi connectivity index (χ4n) is 2.79. The molecular weight excluding hydrogens is 294 g/mol. The van der Waals surface area contributed by atoms with Crippen LogP contribution in [0.4, 0.5) is 0 Å². The van der Waals surface area contributed by atoms with Gasteiger partial charge in [0.15, 0.2) is 5.69 Å². The first kappa shape index (κ1) is 15.6. The van der Waals surface area contributed by atoms with Crippen molar-refractivity contribution in [2.24, 2.45) is 0 Å². The van der Waals surface area contributed by atoms with Crippen molar-refractivity contribution in [1.29, 1.82) is 0 Å². The lowest BCUT2D eigenvalue weighted by Gasteiger charge is -2.28. The number of hydrogen-bond acceptors (Lipinski definition) is 4. The minimum atomic E-state index is -0.294. The molecule has 3 rings (SSSR count). The van der Waals surface area contributed by atoms with E-state index in [4.69, 9.17) is 4.74 Å². The summed E-state index contributed by atoms with van der Waals surface area (Å²) in [5.74, 6) is 0.703. The van der Waals surface area contributed by atoms with Gasteiger partial charge in [0.2, 0.25) is 0 Å². The number of likely N-dealkylation sites (tertiary alicyclic amines) is 1. The summed E-state index contributed by atoms with van der Waals surface area (Å²) in [4.78, 5) is 14.3. The van der Waals surface area contributed by atoms with Gasteiger partial charge >= 0.3 is 0 Å². The van der Waals surface area contributed by atoms with E-state index in [9.17, 15) is 9.90 Å².